The minimum absolute atomic E-state index is 0.116. The van der Waals surface area contributed by atoms with Gasteiger partial charge in [-0.25, -0.2) is 0 Å². The van der Waals surface area contributed by atoms with Gasteiger partial charge in [-0.1, -0.05) is 24.3 Å². The summed E-state index contributed by atoms with van der Waals surface area (Å²) in [4.78, 5) is 24.4. The molecule has 1 amide bonds. The molecule has 0 fully saturated rings. The first-order valence-corrected chi connectivity index (χ1v) is 7.43. The van der Waals surface area contributed by atoms with E-state index in [9.17, 15) is 14.9 Å². The zero-order valence-electron chi connectivity index (χ0n) is 12.2. The maximum absolute atomic E-state index is 12.4. The average molecular weight is 363 g/mol. The Morgan fingerprint density at radius 2 is 1.95 bits per heavy atom. The van der Waals surface area contributed by atoms with Crippen molar-refractivity contribution in [3.8, 4) is 0 Å². The molecule has 0 saturated heterocycles. The number of hydrogen-bond donors (Lipinski definition) is 0. The Labute approximate surface area is 136 Å². The average Bonchev–Trinajstić information content (AvgIpc) is 2.49. The number of nitrogens with zero attached hydrogens (tertiary/aromatic N) is 2. The molecule has 0 atom stereocenters. The molecule has 0 bridgehead atoms. The second-order valence-electron chi connectivity index (χ2n) is 5.01. The van der Waals surface area contributed by atoms with Crippen molar-refractivity contribution >= 4 is 27.5 Å². The van der Waals surface area contributed by atoms with Gasteiger partial charge in [0.25, 0.3) is 11.6 Å². The van der Waals surface area contributed by atoms with E-state index >= 15 is 0 Å². The van der Waals surface area contributed by atoms with Crippen LogP contribution in [0.5, 0.6) is 0 Å². The summed E-state index contributed by atoms with van der Waals surface area (Å²) < 4.78 is 0.357. The number of aryl methyl sites for hydroxylation is 1. The minimum Gasteiger partial charge on any atom is -0.337 e. The first-order valence-electron chi connectivity index (χ1n) is 6.64. The van der Waals surface area contributed by atoms with Gasteiger partial charge in [0.2, 0.25) is 0 Å². The fraction of sp³-hybridized carbons (Fsp3) is 0.188. The summed E-state index contributed by atoms with van der Waals surface area (Å²) in [5.41, 5.74) is 2.33. The number of nitro groups is 1. The quantitative estimate of drug-likeness (QED) is 0.611. The van der Waals surface area contributed by atoms with E-state index in [0.717, 1.165) is 11.1 Å². The van der Waals surface area contributed by atoms with Gasteiger partial charge in [-0.05, 0) is 46.1 Å². The molecule has 0 heterocycles. The van der Waals surface area contributed by atoms with E-state index in [2.05, 4.69) is 15.9 Å². The molecule has 0 aliphatic rings. The van der Waals surface area contributed by atoms with E-state index in [-0.39, 0.29) is 11.6 Å². The first kappa shape index (κ1) is 16.2. The van der Waals surface area contributed by atoms with E-state index in [1.54, 1.807) is 18.0 Å². The SMILES string of the molecule is Cc1ccccc1CN(C)C(=O)c1ccc(Br)c([N+](=O)[O-])c1. The van der Waals surface area contributed by atoms with Crippen molar-refractivity contribution in [2.45, 2.75) is 13.5 Å². The summed E-state index contributed by atoms with van der Waals surface area (Å²) in [5.74, 6) is -0.251. The predicted octanol–water partition coefficient (Wildman–Crippen LogP) is 3.94. The second-order valence-corrected chi connectivity index (χ2v) is 5.87. The van der Waals surface area contributed by atoms with E-state index in [1.807, 2.05) is 31.2 Å². The summed E-state index contributed by atoms with van der Waals surface area (Å²) in [7, 11) is 1.68. The number of carbonyl (C=O) groups is 1. The fourth-order valence-electron chi connectivity index (χ4n) is 2.12. The van der Waals surface area contributed by atoms with Crippen LogP contribution in [0.1, 0.15) is 21.5 Å². The lowest BCUT2D eigenvalue weighted by atomic mass is 10.1. The topological polar surface area (TPSA) is 63.5 Å². The van der Waals surface area contributed by atoms with Crippen LogP contribution in [0.25, 0.3) is 0 Å². The Balaban J connectivity index is 2.23. The molecule has 114 valence electrons. The van der Waals surface area contributed by atoms with Gasteiger partial charge in [-0.15, -0.1) is 0 Å². The highest BCUT2D eigenvalue weighted by molar-refractivity contribution is 9.10. The third kappa shape index (κ3) is 3.51. The fourth-order valence-corrected chi connectivity index (χ4v) is 2.51. The zero-order chi connectivity index (χ0) is 16.3. The maximum Gasteiger partial charge on any atom is 0.284 e. The molecule has 2 rings (SSSR count). The molecule has 0 aromatic heterocycles. The maximum atomic E-state index is 12.4. The van der Waals surface area contributed by atoms with Crippen molar-refractivity contribution in [2.75, 3.05) is 7.05 Å². The summed E-state index contributed by atoms with van der Waals surface area (Å²) in [5, 5.41) is 11.0. The molecule has 6 heteroatoms. The zero-order valence-corrected chi connectivity index (χ0v) is 13.8. The molecule has 22 heavy (non-hydrogen) atoms. The normalized spacial score (nSPS) is 10.3. The number of carbonyl (C=O) groups excluding carboxylic acids is 1. The van der Waals surface area contributed by atoms with Crippen LogP contribution < -0.4 is 0 Å². The number of nitro benzene ring substituents is 1. The van der Waals surface area contributed by atoms with Crippen LogP contribution in [-0.2, 0) is 6.54 Å². The van der Waals surface area contributed by atoms with Crippen LogP contribution in [-0.4, -0.2) is 22.8 Å². The summed E-state index contributed by atoms with van der Waals surface area (Å²) in [6.07, 6.45) is 0. The van der Waals surface area contributed by atoms with Crippen molar-refractivity contribution in [1.29, 1.82) is 0 Å². The Hall–Kier alpha value is -2.21. The Morgan fingerprint density at radius 3 is 2.59 bits per heavy atom. The van der Waals surface area contributed by atoms with Crippen molar-refractivity contribution in [1.82, 2.24) is 4.90 Å². The van der Waals surface area contributed by atoms with Crippen LogP contribution in [0, 0.1) is 17.0 Å². The molecule has 0 radical (unpaired) electrons. The van der Waals surface area contributed by atoms with E-state index < -0.39 is 4.92 Å². The van der Waals surface area contributed by atoms with Crippen LogP contribution in [0.15, 0.2) is 46.9 Å². The van der Waals surface area contributed by atoms with Gasteiger partial charge in [0.1, 0.15) is 0 Å². The third-order valence-corrected chi connectivity index (χ3v) is 4.08. The highest BCUT2D eigenvalue weighted by Crippen LogP contribution is 2.26. The van der Waals surface area contributed by atoms with Gasteiger partial charge in [0.05, 0.1) is 9.40 Å². The van der Waals surface area contributed by atoms with Crippen LogP contribution in [0.2, 0.25) is 0 Å². The van der Waals surface area contributed by atoms with E-state index in [4.69, 9.17) is 0 Å². The smallest absolute Gasteiger partial charge is 0.284 e. The van der Waals surface area contributed by atoms with E-state index in [0.29, 0.717) is 16.6 Å². The first-order chi connectivity index (χ1) is 10.4. The molecule has 0 N–H and O–H groups in total. The molecule has 0 unspecified atom stereocenters. The van der Waals surface area contributed by atoms with Gasteiger partial charge >= 0.3 is 0 Å². The van der Waals surface area contributed by atoms with Gasteiger partial charge < -0.3 is 4.90 Å². The monoisotopic (exact) mass is 362 g/mol. The number of halogens is 1. The summed E-state index contributed by atoms with van der Waals surface area (Å²) in [6.45, 7) is 2.44. The third-order valence-electron chi connectivity index (χ3n) is 3.41. The van der Waals surface area contributed by atoms with Gasteiger partial charge in [-0.2, -0.15) is 0 Å². The number of rotatable bonds is 4. The highest BCUT2D eigenvalue weighted by Gasteiger charge is 2.18. The predicted molar refractivity (Wildman–Crippen MR) is 87.8 cm³/mol. The van der Waals surface area contributed by atoms with E-state index in [1.165, 1.54) is 12.1 Å². The number of hydrogen-bond acceptors (Lipinski definition) is 3. The Kier molecular flexibility index (Phi) is 4.92. The molecule has 0 spiro atoms. The number of benzene rings is 2. The van der Waals surface area contributed by atoms with Crippen molar-refractivity contribution in [3.63, 3.8) is 0 Å². The standard InChI is InChI=1S/C16H15BrN2O3/c1-11-5-3-4-6-13(11)10-18(2)16(20)12-7-8-14(17)15(9-12)19(21)22/h3-9H,10H2,1-2H3. The van der Waals surface area contributed by atoms with Gasteiger partial charge in [0, 0.05) is 25.2 Å². The number of amides is 1. The molecule has 5 nitrogen and oxygen atoms in total. The molecular formula is C16H15BrN2O3. The molecule has 2 aromatic rings. The second kappa shape index (κ2) is 6.70. The minimum atomic E-state index is -0.512. The van der Waals surface area contributed by atoms with Gasteiger partial charge in [0.15, 0.2) is 0 Å². The summed E-state index contributed by atoms with van der Waals surface area (Å²) in [6, 6.07) is 12.2. The Bertz CT molecular complexity index is 731. The van der Waals surface area contributed by atoms with Crippen LogP contribution in [0.4, 0.5) is 5.69 Å². The highest BCUT2D eigenvalue weighted by atomic mass is 79.9. The van der Waals surface area contributed by atoms with Crippen LogP contribution in [0.3, 0.4) is 0 Å². The van der Waals surface area contributed by atoms with Gasteiger partial charge in [-0.3, -0.25) is 14.9 Å². The molecule has 0 aliphatic carbocycles. The molecule has 2 aromatic carbocycles. The van der Waals surface area contributed by atoms with Crippen molar-refractivity contribution in [3.05, 3.63) is 73.7 Å². The largest absolute Gasteiger partial charge is 0.337 e. The lowest BCUT2D eigenvalue weighted by molar-refractivity contribution is -0.385. The lowest BCUT2D eigenvalue weighted by Gasteiger charge is -2.18. The van der Waals surface area contributed by atoms with Crippen molar-refractivity contribution < 1.29 is 9.72 Å². The molecule has 0 aliphatic heterocycles. The molecule has 0 saturated carbocycles. The van der Waals surface area contributed by atoms with Crippen molar-refractivity contribution in [2.24, 2.45) is 0 Å². The Morgan fingerprint density at radius 1 is 1.27 bits per heavy atom. The van der Waals surface area contributed by atoms with Crippen LogP contribution >= 0.6 is 15.9 Å². The molecular weight excluding hydrogens is 348 g/mol. The summed E-state index contributed by atoms with van der Waals surface area (Å²) >= 11 is 3.11. The lowest BCUT2D eigenvalue weighted by Crippen LogP contribution is -2.26.